The topological polar surface area (TPSA) is 81.6 Å². The fourth-order valence-corrected chi connectivity index (χ4v) is 3.18. The number of aromatic nitrogens is 1. The molecule has 3 rings (SSSR count). The van der Waals surface area contributed by atoms with Crippen molar-refractivity contribution in [3.63, 3.8) is 0 Å². The Labute approximate surface area is 170 Å². The van der Waals surface area contributed by atoms with Crippen LogP contribution in [0, 0.1) is 22.7 Å². The molecular weight excluding hydrogens is 360 g/mol. The van der Waals surface area contributed by atoms with Gasteiger partial charge in [-0.2, -0.15) is 10.5 Å². The van der Waals surface area contributed by atoms with Crippen molar-refractivity contribution in [2.24, 2.45) is 0 Å². The van der Waals surface area contributed by atoms with Crippen LogP contribution in [0.4, 0.5) is 0 Å². The van der Waals surface area contributed by atoms with E-state index in [-0.39, 0.29) is 17.5 Å². The van der Waals surface area contributed by atoms with Gasteiger partial charge in [-0.1, -0.05) is 43.3 Å². The Kier molecular flexibility index (Phi) is 6.12. The van der Waals surface area contributed by atoms with Crippen LogP contribution in [-0.2, 0) is 11.3 Å². The molecule has 1 aromatic heterocycles. The summed E-state index contributed by atoms with van der Waals surface area (Å²) in [4.78, 5) is 12.4. The molecule has 0 fully saturated rings. The second-order valence-corrected chi connectivity index (χ2v) is 6.95. The molecule has 0 aliphatic heterocycles. The minimum atomic E-state index is -0.367. The summed E-state index contributed by atoms with van der Waals surface area (Å²) in [6.07, 6.45) is 4.35. The maximum Gasteiger partial charge on any atom is 0.262 e. The standard InChI is InChI=1S/C24H22N4O/c1-3-17(2)27-24(29)20(14-26)12-21-16-28(23-11-7-6-10-22(21)23)15-19-9-5-4-8-18(19)13-25/h4-12,16-17H,3,15H2,1-2H3,(H,27,29)/b20-12+/t17-/m0/s1. The fourth-order valence-electron chi connectivity index (χ4n) is 3.18. The van der Waals surface area contributed by atoms with Gasteiger partial charge in [0.05, 0.1) is 11.6 Å². The number of benzene rings is 2. The van der Waals surface area contributed by atoms with E-state index in [2.05, 4.69) is 11.4 Å². The highest BCUT2D eigenvalue weighted by Gasteiger charge is 2.14. The number of para-hydroxylation sites is 1. The third-order valence-corrected chi connectivity index (χ3v) is 4.95. The van der Waals surface area contributed by atoms with Crippen molar-refractivity contribution < 1.29 is 4.79 Å². The number of nitriles is 2. The summed E-state index contributed by atoms with van der Waals surface area (Å²) in [5.41, 5.74) is 3.40. The first-order valence-electron chi connectivity index (χ1n) is 9.56. The summed E-state index contributed by atoms with van der Waals surface area (Å²) < 4.78 is 2.04. The van der Waals surface area contributed by atoms with Gasteiger partial charge < -0.3 is 9.88 Å². The highest BCUT2D eigenvalue weighted by Crippen LogP contribution is 2.25. The molecule has 29 heavy (non-hydrogen) atoms. The van der Waals surface area contributed by atoms with Crippen LogP contribution in [0.5, 0.6) is 0 Å². The van der Waals surface area contributed by atoms with Crippen molar-refractivity contribution in [3.05, 3.63) is 77.0 Å². The zero-order valence-corrected chi connectivity index (χ0v) is 16.5. The maximum absolute atomic E-state index is 12.4. The molecule has 0 spiro atoms. The zero-order chi connectivity index (χ0) is 20.8. The van der Waals surface area contributed by atoms with Gasteiger partial charge in [0.2, 0.25) is 0 Å². The van der Waals surface area contributed by atoms with E-state index in [0.29, 0.717) is 12.1 Å². The number of nitrogens with one attached hydrogen (secondary N) is 1. The highest BCUT2D eigenvalue weighted by molar-refractivity contribution is 6.04. The first kappa shape index (κ1) is 19.9. The Morgan fingerprint density at radius 2 is 1.90 bits per heavy atom. The van der Waals surface area contributed by atoms with Crippen molar-refractivity contribution >= 4 is 22.9 Å². The van der Waals surface area contributed by atoms with Crippen molar-refractivity contribution in [2.45, 2.75) is 32.9 Å². The molecule has 3 aromatic rings. The third kappa shape index (κ3) is 4.36. The molecule has 5 nitrogen and oxygen atoms in total. The first-order chi connectivity index (χ1) is 14.1. The van der Waals surface area contributed by atoms with Gasteiger partial charge >= 0.3 is 0 Å². The van der Waals surface area contributed by atoms with E-state index in [0.717, 1.165) is 28.5 Å². The van der Waals surface area contributed by atoms with E-state index in [1.807, 2.05) is 73.1 Å². The lowest BCUT2D eigenvalue weighted by Crippen LogP contribution is -2.32. The van der Waals surface area contributed by atoms with E-state index < -0.39 is 0 Å². The lowest BCUT2D eigenvalue weighted by atomic mass is 10.1. The molecule has 0 aliphatic rings. The zero-order valence-electron chi connectivity index (χ0n) is 16.5. The van der Waals surface area contributed by atoms with Gasteiger partial charge in [0.1, 0.15) is 11.6 Å². The van der Waals surface area contributed by atoms with Gasteiger partial charge in [0.25, 0.3) is 5.91 Å². The molecule has 0 saturated heterocycles. The second kappa shape index (κ2) is 8.91. The maximum atomic E-state index is 12.4. The minimum absolute atomic E-state index is 0.00285. The lowest BCUT2D eigenvalue weighted by Gasteiger charge is -2.10. The molecule has 2 aromatic carbocycles. The number of carbonyl (C=O) groups excluding carboxylic acids is 1. The van der Waals surface area contributed by atoms with E-state index in [1.54, 1.807) is 12.1 Å². The van der Waals surface area contributed by atoms with Gasteiger partial charge in [-0.15, -0.1) is 0 Å². The number of carbonyl (C=O) groups is 1. The van der Waals surface area contributed by atoms with Crippen LogP contribution in [0.2, 0.25) is 0 Å². The molecule has 0 aliphatic carbocycles. The van der Waals surface area contributed by atoms with Crippen molar-refractivity contribution in [1.29, 1.82) is 10.5 Å². The molecule has 1 amide bonds. The molecule has 1 atom stereocenters. The summed E-state index contributed by atoms with van der Waals surface area (Å²) in [7, 11) is 0. The Bertz CT molecular complexity index is 1160. The highest BCUT2D eigenvalue weighted by atomic mass is 16.1. The van der Waals surface area contributed by atoms with Gasteiger partial charge in [0, 0.05) is 35.2 Å². The van der Waals surface area contributed by atoms with Crippen LogP contribution in [0.15, 0.2) is 60.3 Å². The fraction of sp³-hybridized carbons (Fsp3) is 0.208. The molecular formula is C24H22N4O. The summed E-state index contributed by atoms with van der Waals surface area (Å²) in [6, 6.07) is 19.6. The normalized spacial score (nSPS) is 12.2. The number of amides is 1. The molecule has 5 heteroatoms. The number of rotatable bonds is 6. The van der Waals surface area contributed by atoms with E-state index in [9.17, 15) is 15.3 Å². The molecule has 0 saturated carbocycles. The third-order valence-electron chi connectivity index (χ3n) is 4.95. The van der Waals surface area contributed by atoms with Gasteiger partial charge in [-0.3, -0.25) is 4.79 Å². The molecule has 0 unspecified atom stereocenters. The van der Waals surface area contributed by atoms with Crippen LogP contribution in [0.25, 0.3) is 17.0 Å². The Hall–Kier alpha value is -3.83. The quantitative estimate of drug-likeness (QED) is 0.507. The van der Waals surface area contributed by atoms with E-state index in [1.165, 1.54) is 0 Å². The minimum Gasteiger partial charge on any atom is -0.349 e. The molecule has 144 valence electrons. The summed E-state index contributed by atoms with van der Waals surface area (Å²) >= 11 is 0. The Balaban J connectivity index is 2.03. The van der Waals surface area contributed by atoms with Gasteiger partial charge in [-0.05, 0) is 37.1 Å². The SMILES string of the molecule is CC[C@H](C)NC(=O)/C(C#N)=C/c1cn(Cc2ccccc2C#N)c2ccccc12. The van der Waals surface area contributed by atoms with Crippen LogP contribution in [0.1, 0.15) is 37.0 Å². The van der Waals surface area contributed by atoms with Crippen molar-refractivity contribution in [3.8, 4) is 12.1 Å². The van der Waals surface area contributed by atoms with Gasteiger partial charge in [-0.25, -0.2) is 0 Å². The van der Waals surface area contributed by atoms with Crippen molar-refractivity contribution in [1.82, 2.24) is 9.88 Å². The molecule has 0 radical (unpaired) electrons. The average molecular weight is 382 g/mol. The van der Waals surface area contributed by atoms with Crippen LogP contribution >= 0.6 is 0 Å². The van der Waals surface area contributed by atoms with E-state index >= 15 is 0 Å². The number of nitrogens with zero attached hydrogens (tertiary/aromatic N) is 3. The smallest absolute Gasteiger partial charge is 0.262 e. The number of fused-ring (bicyclic) bond motifs is 1. The summed E-state index contributed by atoms with van der Waals surface area (Å²) in [6.45, 7) is 4.41. The number of hydrogen-bond acceptors (Lipinski definition) is 3. The molecule has 0 bridgehead atoms. The monoisotopic (exact) mass is 382 g/mol. The summed E-state index contributed by atoms with van der Waals surface area (Å²) in [5, 5.41) is 22.7. The van der Waals surface area contributed by atoms with E-state index in [4.69, 9.17) is 0 Å². The Morgan fingerprint density at radius 3 is 2.62 bits per heavy atom. The van der Waals surface area contributed by atoms with Crippen LogP contribution in [0.3, 0.4) is 0 Å². The first-order valence-corrected chi connectivity index (χ1v) is 9.56. The van der Waals surface area contributed by atoms with Crippen LogP contribution in [-0.4, -0.2) is 16.5 Å². The average Bonchev–Trinajstić information content (AvgIpc) is 3.09. The summed E-state index contributed by atoms with van der Waals surface area (Å²) in [5.74, 6) is -0.367. The molecule has 1 heterocycles. The lowest BCUT2D eigenvalue weighted by molar-refractivity contribution is -0.117. The van der Waals surface area contributed by atoms with Crippen molar-refractivity contribution in [2.75, 3.05) is 0 Å². The molecule has 1 N–H and O–H groups in total. The predicted octanol–water partition coefficient (Wildman–Crippen LogP) is 4.38. The Morgan fingerprint density at radius 1 is 1.17 bits per heavy atom. The van der Waals surface area contributed by atoms with Crippen LogP contribution < -0.4 is 5.32 Å². The van der Waals surface area contributed by atoms with Gasteiger partial charge in [0.15, 0.2) is 0 Å². The predicted molar refractivity (Wildman–Crippen MR) is 114 cm³/mol. The second-order valence-electron chi connectivity index (χ2n) is 6.95. The number of hydrogen-bond donors (Lipinski definition) is 1. The largest absolute Gasteiger partial charge is 0.349 e.